The van der Waals surface area contributed by atoms with E-state index in [9.17, 15) is 0 Å². The van der Waals surface area contributed by atoms with Crippen molar-refractivity contribution in [1.29, 1.82) is 0 Å². The molecule has 0 aromatic heterocycles. The lowest BCUT2D eigenvalue weighted by molar-refractivity contribution is -0.718. The number of halogens is 1. The Labute approximate surface area is 53.0 Å². The van der Waals surface area contributed by atoms with Gasteiger partial charge in [0.25, 0.3) is 0 Å². The van der Waals surface area contributed by atoms with Crippen molar-refractivity contribution >= 4 is 18.3 Å². The first kappa shape index (κ1) is 7.24. The summed E-state index contributed by atoms with van der Waals surface area (Å²) in [6, 6.07) is 0. The molecule has 0 aliphatic rings. The molecule has 0 saturated heterocycles. The Morgan fingerprint density at radius 1 is 1.75 bits per heavy atom. The molecule has 0 amide bonds. The molecule has 0 aliphatic heterocycles. The average molecular weight is 133 g/mol. The van der Waals surface area contributed by atoms with E-state index in [-0.39, 0.29) is 0 Å². The maximum Gasteiger partial charge on any atom is 0.222 e. The third kappa shape index (κ3) is 5.24. The van der Waals surface area contributed by atoms with Crippen LogP contribution < -0.4 is 0 Å². The van der Waals surface area contributed by atoms with Gasteiger partial charge in [-0.05, 0) is 4.74 Å². The molecule has 0 saturated carbocycles. The minimum Gasteiger partial charge on any atom is -0.286 e. The number of hydrogen-bond acceptors (Lipinski definition) is 1. The molecule has 44 valence electrons. The molecule has 0 fully saturated rings. The molecule has 0 bridgehead atoms. The quantitative estimate of drug-likeness (QED) is 0.198. The van der Waals surface area contributed by atoms with Gasteiger partial charge in [0.05, 0.1) is 0 Å². The fourth-order valence-corrected chi connectivity index (χ4v) is 0.223. The van der Waals surface area contributed by atoms with E-state index in [1.807, 2.05) is 0 Å². The molecule has 0 atom stereocenters. The standard InChI is InChI=1S/C5H7ClNO/c1-5(6)3-4-7(2)8/h3-4,8H,1-2H2/q+1. The van der Waals surface area contributed by atoms with Gasteiger partial charge in [-0.1, -0.05) is 18.2 Å². The van der Waals surface area contributed by atoms with Crippen LogP contribution in [0.4, 0.5) is 0 Å². The fourth-order valence-electron chi connectivity index (χ4n) is 0.167. The zero-order chi connectivity index (χ0) is 6.57. The SMILES string of the molecule is C=C(Cl)C=C[N+](=C)O. The van der Waals surface area contributed by atoms with Gasteiger partial charge in [-0.15, -0.1) is 0 Å². The minimum absolute atomic E-state index is 0.354. The summed E-state index contributed by atoms with van der Waals surface area (Å²) >= 11 is 5.28. The molecule has 3 heteroatoms. The average Bonchev–Trinajstić information content (AvgIpc) is 1.61. The first-order valence-corrected chi connectivity index (χ1v) is 2.32. The van der Waals surface area contributed by atoms with Crippen LogP contribution in [0, 0.1) is 0 Å². The Balaban J connectivity index is 3.67. The molecule has 0 aliphatic carbocycles. The van der Waals surface area contributed by atoms with Crippen molar-refractivity contribution in [1.82, 2.24) is 0 Å². The summed E-state index contributed by atoms with van der Waals surface area (Å²) in [5.41, 5.74) is 0. The Hall–Kier alpha value is -0.760. The summed E-state index contributed by atoms with van der Waals surface area (Å²) in [5.74, 6) is 0. The number of hydrogen-bond donors (Lipinski definition) is 1. The highest BCUT2D eigenvalue weighted by atomic mass is 35.5. The van der Waals surface area contributed by atoms with Crippen molar-refractivity contribution in [2.75, 3.05) is 0 Å². The van der Waals surface area contributed by atoms with Crippen LogP contribution in [0.5, 0.6) is 0 Å². The number of hydroxylamine groups is 1. The smallest absolute Gasteiger partial charge is 0.222 e. The second-order valence-electron chi connectivity index (χ2n) is 1.20. The highest BCUT2D eigenvalue weighted by Crippen LogP contribution is 1.96. The van der Waals surface area contributed by atoms with Crippen molar-refractivity contribution in [2.24, 2.45) is 0 Å². The first-order chi connectivity index (χ1) is 3.63. The van der Waals surface area contributed by atoms with Crippen LogP contribution in [0.15, 0.2) is 23.9 Å². The molecule has 2 nitrogen and oxygen atoms in total. The maximum absolute atomic E-state index is 8.34. The molecule has 0 spiro atoms. The first-order valence-electron chi connectivity index (χ1n) is 1.94. The van der Waals surface area contributed by atoms with Gasteiger partial charge in [-0.25, -0.2) is 0 Å². The van der Waals surface area contributed by atoms with Crippen LogP contribution in [0.3, 0.4) is 0 Å². The van der Waals surface area contributed by atoms with Crippen molar-refractivity contribution in [3.63, 3.8) is 0 Å². The topological polar surface area (TPSA) is 23.2 Å². The molecule has 0 rings (SSSR count). The Kier molecular flexibility index (Phi) is 2.96. The minimum atomic E-state index is 0.354. The van der Waals surface area contributed by atoms with Crippen LogP contribution in [-0.2, 0) is 0 Å². The van der Waals surface area contributed by atoms with Crippen LogP contribution >= 0.6 is 11.6 Å². The predicted molar refractivity (Wildman–Crippen MR) is 33.3 cm³/mol. The normalized spacial score (nSPS) is 9.62. The maximum atomic E-state index is 8.34. The zero-order valence-corrected chi connectivity index (χ0v) is 5.10. The van der Waals surface area contributed by atoms with Gasteiger partial charge in [-0.2, -0.15) is 0 Å². The summed E-state index contributed by atoms with van der Waals surface area (Å²) in [7, 11) is 0. The molecule has 1 N–H and O–H groups in total. The van der Waals surface area contributed by atoms with Gasteiger partial charge in [0, 0.05) is 11.1 Å². The molecule has 0 unspecified atom stereocenters. The summed E-state index contributed by atoms with van der Waals surface area (Å²) in [5, 5.41) is 8.69. The van der Waals surface area contributed by atoms with Crippen LogP contribution in [0.25, 0.3) is 0 Å². The highest BCUT2D eigenvalue weighted by molar-refractivity contribution is 6.30. The van der Waals surface area contributed by atoms with Crippen molar-refractivity contribution in [2.45, 2.75) is 0 Å². The lowest BCUT2D eigenvalue weighted by Crippen LogP contribution is -1.88. The Morgan fingerprint density at radius 3 is 2.38 bits per heavy atom. The van der Waals surface area contributed by atoms with E-state index >= 15 is 0 Å². The third-order valence-corrected chi connectivity index (χ3v) is 0.553. The second-order valence-corrected chi connectivity index (χ2v) is 1.69. The van der Waals surface area contributed by atoms with Crippen LogP contribution in [0.2, 0.25) is 0 Å². The van der Waals surface area contributed by atoms with E-state index in [1.54, 1.807) is 0 Å². The van der Waals surface area contributed by atoms with Gasteiger partial charge in [0.15, 0.2) is 6.72 Å². The van der Waals surface area contributed by atoms with E-state index in [1.165, 1.54) is 12.3 Å². The number of allylic oxidation sites excluding steroid dienone is 2. The summed E-state index contributed by atoms with van der Waals surface area (Å²) < 4.78 is 0.646. The third-order valence-electron chi connectivity index (χ3n) is 0.427. The highest BCUT2D eigenvalue weighted by Gasteiger charge is 1.82. The summed E-state index contributed by atoms with van der Waals surface area (Å²) in [6.07, 6.45) is 2.71. The van der Waals surface area contributed by atoms with E-state index in [0.717, 1.165) is 0 Å². The molecule has 0 aromatic rings. The van der Waals surface area contributed by atoms with E-state index < -0.39 is 0 Å². The molecule has 8 heavy (non-hydrogen) atoms. The van der Waals surface area contributed by atoms with Crippen molar-refractivity contribution in [3.8, 4) is 0 Å². The largest absolute Gasteiger partial charge is 0.286 e. The van der Waals surface area contributed by atoms with Gasteiger partial charge in [0.2, 0.25) is 6.20 Å². The second kappa shape index (κ2) is 3.27. The van der Waals surface area contributed by atoms with E-state index in [4.69, 9.17) is 16.8 Å². The molecule has 0 aromatic carbocycles. The van der Waals surface area contributed by atoms with E-state index in [2.05, 4.69) is 13.3 Å². The van der Waals surface area contributed by atoms with Gasteiger partial charge < -0.3 is 0 Å². The number of rotatable bonds is 2. The van der Waals surface area contributed by atoms with Gasteiger partial charge in [0.1, 0.15) is 0 Å². The number of nitrogens with zero attached hydrogens (tertiary/aromatic N) is 1. The van der Waals surface area contributed by atoms with Gasteiger partial charge >= 0.3 is 0 Å². The zero-order valence-electron chi connectivity index (χ0n) is 4.34. The van der Waals surface area contributed by atoms with Gasteiger partial charge in [-0.3, -0.25) is 5.21 Å². The van der Waals surface area contributed by atoms with Crippen LogP contribution in [0.1, 0.15) is 0 Å². The van der Waals surface area contributed by atoms with Crippen LogP contribution in [-0.4, -0.2) is 16.7 Å². The van der Waals surface area contributed by atoms with E-state index in [0.29, 0.717) is 9.77 Å². The van der Waals surface area contributed by atoms with Crippen molar-refractivity contribution in [3.05, 3.63) is 23.9 Å². The summed E-state index contributed by atoms with van der Waals surface area (Å²) in [4.78, 5) is 0. The molecular formula is C5H7ClNO+. The molecular weight excluding hydrogens is 126 g/mol. The lowest BCUT2D eigenvalue weighted by Gasteiger charge is -1.76. The predicted octanol–water partition coefficient (Wildman–Crippen LogP) is 1.35. The fraction of sp³-hybridized carbons (Fsp3) is 0. The molecule has 0 heterocycles. The lowest BCUT2D eigenvalue weighted by atomic mass is 10.6. The molecule has 0 radical (unpaired) electrons. The Morgan fingerprint density at radius 2 is 2.25 bits per heavy atom. The van der Waals surface area contributed by atoms with Crippen molar-refractivity contribution < 1.29 is 9.95 Å². The summed E-state index contributed by atoms with van der Waals surface area (Å²) in [6.45, 7) is 6.45. The Bertz CT molecular complexity index is 123. The monoisotopic (exact) mass is 132 g/mol.